The first kappa shape index (κ1) is 13.2. The van der Waals surface area contributed by atoms with E-state index >= 15 is 0 Å². The highest BCUT2D eigenvalue weighted by atomic mass is 127. The highest BCUT2D eigenvalue weighted by Gasteiger charge is 2.34. The Morgan fingerprint density at radius 2 is 2.19 bits per heavy atom. The molecule has 7 heteroatoms. The van der Waals surface area contributed by atoms with E-state index in [-0.39, 0.29) is 15.7 Å². The zero-order chi connectivity index (χ0) is 12.3. The number of aromatic nitrogens is 1. The van der Waals surface area contributed by atoms with Crippen LogP contribution in [-0.2, 0) is 22.1 Å². The third-order valence-corrected chi connectivity index (χ3v) is 2.64. The second-order valence-corrected chi connectivity index (χ2v) is 3.95. The summed E-state index contributed by atoms with van der Waals surface area (Å²) >= 11 is 1.50. The largest absolute Gasteiger partial charge is 0.469 e. The van der Waals surface area contributed by atoms with E-state index in [0.717, 1.165) is 6.07 Å². The van der Waals surface area contributed by atoms with Crippen molar-refractivity contribution in [3.05, 3.63) is 27.1 Å². The molecule has 1 aromatic rings. The summed E-state index contributed by atoms with van der Waals surface area (Å²) in [4.78, 5) is 14.5. The van der Waals surface area contributed by atoms with Gasteiger partial charge >= 0.3 is 12.1 Å². The van der Waals surface area contributed by atoms with Crippen LogP contribution >= 0.6 is 22.6 Å². The Hall–Kier alpha value is -0.860. The van der Waals surface area contributed by atoms with E-state index < -0.39 is 17.7 Å². The summed E-state index contributed by atoms with van der Waals surface area (Å²) < 4.78 is 41.7. The number of methoxy groups -OCH3 is 1. The first-order chi connectivity index (χ1) is 7.34. The van der Waals surface area contributed by atoms with Crippen molar-refractivity contribution in [2.75, 3.05) is 7.11 Å². The number of hydrogen-bond donors (Lipinski definition) is 0. The smallest absolute Gasteiger partial charge is 0.418 e. The van der Waals surface area contributed by atoms with Gasteiger partial charge in [-0.05, 0) is 34.2 Å². The lowest BCUT2D eigenvalue weighted by Crippen LogP contribution is -2.11. The highest BCUT2D eigenvalue weighted by molar-refractivity contribution is 14.1. The van der Waals surface area contributed by atoms with Crippen LogP contribution in [-0.4, -0.2) is 18.1 Å². The Balaban J connectivity index is 3.03. The Bertz CT molecular complexity index is 406. The van der Waals surface area contributed by atoms with E-state index in [2.05, 4.69) is 9.72 Å². The fourth-order valence-corrected chi connectivity index (χ4v) is 1.63. The number of nitrogens with zero attached hydrogens (tertiary/aromatic N) is 1. The van der Waals surface area contributed by atoms with Gasteiger partial charge in [0.25, 0.3) is 0 Å². The van der Waals surface area contributed by atoms with Crippen molar-refractivity contribution in [1.29, 1.82) is 0 Å². The molecule has 0 N–H and O–H groups in total. The molecule has 3 nitrogen and oxygen atoms in total. The van der Waals surface area contributed by atoms with Crippen LogP contribution in [0.3, 0.4) is 0 Å². The van der Waals surface area contributed by atoms with Crippen LogP contribution in [0.1, 0.15) is 11.1 Å². The fraction of sp³-hybridized carbons (Fsp3) is 0.333. The van der Waals surface area contributed by atoms with Crippen LogP contribution in [0.15, 0.2) is 12.3 Å². The molecule has 0 unspecified atom stereocenters. The molecular formula is C9H7F3INO2. The molecule has 16 heavy (non-hydrogen) atoms. The minimum absolute atomic E-state index is 0.140. The number of carbonyl (C=O) groups is 1. The van der Waals surface area contributed by atoms with Crippen molar-refractivity contribution in [3.8, 4) is 0 Å². The van der Waals surface area contributed by atoms with Crippen molar-refractivity contribution in [3.63, 3.8) is 0 Å². The van der Waals surface area contributed by atoms with Gasteiger partial charge in [0.05, 0.1) is 19.1 Å². The lowest BCUT2D eigenvalue weighted by Gasteiger charge is -2.09. The van der Waals surface area contributed by atoms with Crippen LogP contribution in [0.2, 0.25) is 0 Å². The van der Waals surface area contributed by atoms with E-state index in [0.29, 0.717) is 0 Å². The Labute approximate surface area is 103 Å². The highest BCUT2D eigenvalue weighted by Crippen LogP contribution is 2.32. The van der Waals surface area contributed by atoms with Gasteiger partial charge < -0.3 is 4.74 Å². The summed E-state index contributed by atoms with van der Waals surface area (Å²) in [6.07, 6.45) is -3.45. The minimum Gasteiger partial charge on any atom is -0.469 e. The van der Waals surface area contributed by atoms with E-state index in [1.807, 2.05) is 0 Å². The van der Waals surface area contributed by atoms with Gasteiger partial charge in [-0.1, -0.05) is 0 Å². The predicted octanol–water partition coefficient (Wildman–Crippen LogP) is 2.42. The van der Waals surface area contributed by atoms with E-state index in [4.69, 9.17) is 0 Å². The summed E-state index contributed by atoms with van der Waals surface area (Å²) in [5.74, 6) is -0.601. The molecule has 0 aliphatic rings. The molecule has 88 valence electrons. The number of hydrogen-bond acceptors (Lipinski definition) is 3. The number of carbonyl (C=O) groups excluding carboxylic acids is 1. The van der Waals surface area contributed by atoms with Gasteiger partial charge in [-0.15, -0.1) is 0 Å². The van der Waals surface area contributed by atoms with E-state index in [9.17, 15) is 18.0 Å². The number of alkyl halides is 3. The molecule has 0 aromatic carbocycles. The minimum atomic E-state index is -4.46. The molecule has 0 radical (unpaired) electrons. The second kappa shape index (κ2) is 4.98. The van der Waals surface area contributed by atoms with Gasteiger partial charge in [0.2, 0.25) is 0 Å². The van der Waals surface area contributed by atoms with E-state index in [1.165, 1.54) is 35.9 Å². The third kappa shape index (κ3) is 3.32. The Kier molecular flexibility index (Phi) is 4.11. The number of pyridine rings is 1. The summed E-state index contributed by atoms with van der Waals surface area (Å²) in [5, 5.41) is 0. The topological polar surface area (TPSA) is 39.2 Å². The zero-order valence-electron chi connectivity index (χ0n) is 8.14. The molecule has 0 amide bonds. The lowest BCUT2D eigenvalue weighted by atomic mass is 10.1. The van der Waals surface area contributed by atoms with Gasteiger partial charge in [-0.3, -0.25) is 4.79 Å². The molecule has 0 spiro atoms. The molecule has 0 bridgehead atoms. The van der Waals surface area contributed by atoms with E-state index in [1.54, 1.807) is 0 Å². The van der Waals surface area contributed by atoms with Gasteiger partial charge in [-0.25, -0.2) is 4.98 Å². The predicted molar refractivity (Wildman–Crippen MR) is 57.7 cm³/mol. The molecule has 1 rings (SSSR count). The summed E-state index contributed by atoms with van der Waals surface area (Å²) in [7, 11) is 1.17. The summed E-state index contributed by atoms with van der Waals surface area (Å²) in [5.41, 5.74) is -0.658. The lowest BCUT2D eigenvalue weighted by molar-refractivity contribution is -0.141. The maximum absolute atomic E-state index is 12.5. The molecule has 0 saturated carbocycles. The normalized spacial score (nSPS) is 11.3. The van der Waals surface area contributed by atoms with Crippen molar-refractivity contribution in [2.24, 2.45) is 0 Å². The van der Waals surface area contributed by atoms with Crippen LogP contribution in [0.25, 0.3) is 0 Å². The number of halogens is 4. The number of esters is 1. The van der Waals surface area contributed by atoms with Crippen LogP contribution in [0.5, 0.6) is 0 Å². The number of ether oxygens (including phenoxy) is 1. The van der Waals surface area contributed by atoms with Crippen molar-refractivity contribution in [2.45, 2.75) is 12.6 Å². The third-order valence-electron chi connectivity index (χ3n) is 1.78. The Morgan fingerprint density at radius 3 is 2.69 bits per heavy atom. The SMILES string of the molecule is COC(=O)Cc1cnc(I)c(C(F)(F)F)c1. The number of rotatable bonds is 2. The molecule has 0 aliphatic heterocycles. The van der Waals surface area contributed by atoms with Crippen LogP contribution in [0.4, 0.5) is 13.2 Å². The van der Waals surface area contributed by atoms with Crippen molar-refractivity contribution in [1.82, 2.24) is 4.98 Å². The molecule has 0 fully saturated rings. The average molecular weight is 345 g/mol. The quantitative estimate of drug-likeness (QED) is 0.470. The summed E-state index contributed by atoms with van der Waals surface area (Å²) in [6.45, 7) is 0. The molecule has 1 aromatic heterocycles. The molecular weight excluding hydrogens is 338 g/mol. The molecule has 0 aliphatic carbocycles. The fourth-order valence-electron chi connectivity index (χ4n) is 1.03. The molecule has 1 heterocycles. The standard InChI is InChI=1S/C9H7F3INO2/c1-16-7(15)3-5-2-6(9(10,11)12)8(13)14-4-5/h2,4H,3H2,1H3. The van der Waals surface area contributed by atoms with Gasteiger partial charge in [0.1, 0.15) is 3.70 Å². The molecule has 0 saturated heterocycles. The van der Waals surface area contributed by atoms with Crippen LogP contribution in [0, 0.1) is 3.70 Å². The van der Waals surface area contributed by atoms with Gasteiger partial charge in [-0.2, -0.15) is 13.2 Å². The summed E-state index contributed by atoms with van der Waals surface area (Å²) in [6, 6.07) is 0.908. The van der Waals surface area contributed by atoms with Crippen LogP contribution < -0.4 is 0 Å². The van der Waals surface area contributed by atoms with Gasteiger partial charge in [0.15, 0.2) is 0 Å². The van der Waals surface area contributed by atoms with Crippen molar-refractivity contribution >= 4 is 28.6 Å². The maximum Gasteiger partial charge on any atom is 0.418 e. The van der Waals surface area contributed by atoms with Crippen molar-refractivity contribution < 1.29 is 22.7 Å². The average Bonchev–Trinajstić information content (AvgIpc) is 2.19. The maximum atomic E-state index is 12.5. The molecule has 0 atom stereocenters. The first-order valence-corrected chi connectivity index (χ1v) is 5.21. The zero-order valence-corrected chi connectivity index (χ0v) is 10.3. The van der Waals surface area contributed by atoms with Gasteiger partial charge in [0, 0.05) is 6.20 Å². The monoisotopic (exact) mass is 345 g/mol. The second-order valence-electron chi connectivity index (χ2n) is 2.93. The Morgan fingerprint density at radius 1 is 1.56 bits per heavy atom. The first-order valence-electron chi connectivity index (χ1n) is 4.13.